The Morgan fingerprint density at radius 1 is 1.17 bits per heavy atom. The van der Waals surface area contributed by atoms with Crippen LogP contribution in [0.5, 0.6) is 11.5 Å². The molecule has 0 radical (unpaired) electrons. The van der Waals surface area contributed by atoms with E-state index in [4.69, 9.17) is 21.1 Å². The van der Waals surface area contributed by atoms with Crippen LogP contribution in [0.4, 0.5) is 0 Å². The fourth-order valence-electron chi connectivity index (χ4n) is 2.26. The highest BCUT2D eigenvalue weighted by atomic mass is 35.5. The maximum absolute atomic E-state index is 12.2. The average Bonchev–Trinajstić information content (AvgIpc) is 3.06. The number of fused-ring (bicyclic) bond motifs is 1. The molecule has 1 amide bonds. The third-order valence-corrected chi connectivity index (χ3v) is 5.15. The van der Waals surface area contributed by atoms with Gasteiger partial charge >= 0.3 is 0 Å². The molecule has 3 rings (SSSR count). The van der Waals surface area contributed by atoms with Crippen molar-refractivity contribution in [1.29, 1.82) is 0 Å². The van der Waals surface area contributed by atoms with E-state index in [0.29, 0.717) is 6.54 Å². The summed E-state index contributed by atoms with van der Waals surface area (Å²) in [7, 11) is 0. The SMILES string of the molecule is C[C@H](SCc1ccc(Cl)cc1)C(=O)NCc1ccc2c(c1)OCO2. The molecular formula is C18H18ClNO3S. The van der Waals surface area contributed by atoms with E-state index in [1.54, 1.807) is 11.8 Å². The molecule has 0 spiro atoms. The van der Waals surface area contributed by atoms with Crippen molar-refractivity contribution in [3.8, 4) is 11.5 Å². The molecule has 0 aliphatic carbocycles. The minimum Gasteiger partial charge on any atom is -0.454 e. The van der Waals surface area contributed by atoms with Crippen LogP contribution in [0, 0.1) is 0 Å². The smallest absolute Gasteiger partial charge is 0.233 e. The lowest BCUT2D eigenvalue weighted by Crippen LogP contribution is -2.30. The second kappa shape index (κ2) is 7.81. The topological polar surface area (TPSA) is 47.6 Å². The van der Waals surface area contributed by atoms with Gasteiger partial charge in [0.2, 0.25) is 12.7 Å². The van der Waals surface area contributed by atoms with Gasteiger partial charge in [0.1, 0.15) is 0 Å². The van der Waals surface area contributed by atoms with Gasteiger partial charge in [-0.1, -0.05) is 29.8 Å². The number of carbonyl (C=O) groups is 1. The summed E-state index contributed by atoms with van der Waals surface area (Å²) >= 11 is 7.47. The van der Waals surface area contributed by atoms with Gasteiger partial charge in [0.05, 0.1) is 5.25 Å². The highest BCUT2D eigenvalue weighted by Gasteiger charge is 2.15. The van der Waals surface area contributed by atoms with E-state index in [1.807, 2.05) is 49.4 Å². The van der Waals surface area contributed by atoms with Crippen LogP contribution < -0.4 is 14.8 Å². The number of rotatable bonds is 6. The number of halogens is 1. The first-order valence-corrected chi connectivity index (χ1v) is 9.07. The lowest BCUT2D eigenvalue weighted by molar-refractivity contribution is -0.120. The third kappa shape index (κ3) is 4.36. The quantitative estimate of drug-likeness (QED) is 0.842. The van der Waals surface area contributed by atoms with E-state index in [-0.39, 0.29) is 18.0 Å². The lowest BCUT2D eigenvalue weighted by Gasteiger charge is -2.12. The molecule has 0 fully saturated rings. The maximum Gasteiger partial charge on any atom is 0.233 e. The number of benzene rings is 2. The second-order valence-corrected chi connectivity index (χ2v) is 7.25. The number of hydrogen-bond donors (Lipinski definition) is 1. The minimum atomic E-state index is -0.130. The Hall–Kier alpha value is -1.85. The molecule has 1 atom stereocenters. The zero-order valence-corrected chi connectivity index (χ0v) is 14.8. The van der Waals surface area contributed by atoms with Gasteiger partial charge in [0.25, 0.3) is 0 Å². The van der Waals surface area contributed by atoms with Crippen LogP contribution in [0.1, 0.15) is 18.1 Å². The zero-order valence-electron chi connectivity index (χ0n) is 13.3. The van der Waals surface area contributed by atoms with Gasteiger partial charge in [-0.2, -0.15) is 0 Å². The molecule has 24 heavy (non-hydrogen) atoms. The summed E-state index contributed by atoms with van der Waals surface area (Å²) in [6.07, 6.45) is 0. The number of ether oxygens (including phenoxy) is 2. The van der Waals surface area contributed by atoms with Gasteiger partial charge in [-0.3, -0.25) is 4.79 Å². The normalized spacial score (nSPS) is 13.6. The zero-order chi connectivity index (χ0) is 16.9. The monoisotopic (exact) mass is 363 g/mol. The van der Waals surface area contributed by atoms with Crippen LogP contribution >= 0.6 is 23.4 Å². The number of nitrogens with one attached hydrogen (secondary N) is 1. The van der Waals surface area contributed by atoms with Gasteiger partial charge < -0.3 is 14.8 Å². The van der Waals surface area contributed by atoms with Crippen LogP contribution in [0.15, 0.2) is 42.5 Å². The van der Waals surface area contributed by atoms with Crippen molar-refractivity contribution in [2.24, 2.45) is 0 Å². The Morgan fingerprint density at radius 2 is 1.88 bits per heavy atom. The Kier molecular flexibility index (Phi) is 5.53. The van der Waals surface area contributed by atoms with Crippen LogP contribution in [-0.4, -0.2) is 18.0 Å². The van der Waals surface area contributed by atoms with Crippen molar-refractivity contribution in [3.63, 3.8) is 0 Å². The predicted octanol–water partition coefficient (Wildman–Crippen LogP) is 4.01. The molecule has 1 aliphatic rings. The van der Waals surface area contributed by atoms with E-state index in [0.717, 1.165) is 33.4 Å². The van der Waals surface area contributed by atoms with Gasteiger partial charge in [-0.05, 0) is 42.3 Å². The largest absolute Gasteiger partial charge is 0.454 e. The second-order valence-electron chi connectivity index (χ2n) is 5.49. The highest BCUT2D eigenvalue weighted by Crippen LogP contribution is 2.32. The van der Waals surface area contributed by atoms with Crippen molar-refractivity contribution >= 4 is 29.3 Å². The first kappa shape index (κ1) is 17.0. The molecule has 0 bridgehead atoms. The Labute approximate surface area is 150 Å². The van der Waals surface area contributed by atoms with Gasteiger partial charge in [-0.15, -0.1) is 11.8 Å². The van der Waals surface area contributed by atoms with Crippen molar-refractivity contribution in [1.82, 2.24) is 5.32 Å². The number of thioether (sulfide) groups is 1. The van der Waals surface area contributed by atoms with E-state index in [9.17, 15) is 4.79 Å². The molecular weight excluding hydrogens is 346 g/mol. The van der Waals surface area contributed by atoms with Crippen LogP contribution in [-0.2, 0) is 17.1 Å². The average molecular weight is 364 g/mol. The Morgan fingerprint density at radius 3 is 2.67 bits per heavy atom. The summed E-state index contributed by atoms with van der Waals surface area (Å²) in [5.41, 5.74) is 2.14. The molecule has 1 aliphatic heterocycles. The van der Waals surface area contributed by atoms with Crippen molar-refractivity contribution in [3.05, 3.63) is 58.6 Å². The Bertz CT molecular complexity index is 721. The molecule has 6 heteroatoms. The molecule has 4 nitrogen and oxygen atoms in total. The van der Waals surface area contributed by atoms with Gasteiger partial charge in [-0.25, -0.2) is 0 Å². The van der Waals surface area contributed by atoms with Crippen molar-refractivity contribution < 1.29 is 14.3 Å². The summed E-state index contributed by atoms with van der Waals surface area (Å²) in [4.78, 5) is 12.2. The van der Waals surface area contributed by atoms with E-state index in [1.165, 1.54) is 0 Å². The van der Waals surface area contributed by atoms with Crippen LogP contribution in [0.3, 0.4) is 0 Å². The molecule has 0 saturated heterocycles. The molecule has 0 unspecified atom stereocenters. The number of amides is 1. The third-order valence-electron chi connectivity index (χ3n) is 3.69. The first-order valence-electron chi connectivity index (χ1n) is 7.64. The standard InChI is InChI=1S/C18H18ClNO3S/c1-12(24-10-13-2-5-15(19)6-3-13)18(21)20-9-14-4-7-16-17(8-14)23-11-22-16/h2-8,12H,9-11H2,1H3,(H,20,21)/t12-/m0/s1. The van der Waals surface area contributed by atoms with Crippen LogP contribution in [0.2, 0.25) is 5.02 Å². The summed E-state index contributed by atoms with van der Waals surface area (Å²) in [6.45, 7) is 2.64. The van der Waals surface area contributed by atoms with E-state index >= 15 is 0 Å². The van der Waals surface area contributed by atoms with Gasteiger partial charge in [0, 0.05) is 17.3 Å². The van der Waals surface area contributed by atoms with E-state index in [2.05, 4.69) is 5.32 Å². The first-order chi connectivity index (χ1) is 11.6. The van der Waals surface area contributed by atoms with Crippen molar-refractivity contribution in [2.45, 2.75) is 24.5 Å². The maximum atomic E-state index is 12.2. The lowest BCUT2D eigenvalue weighted by atomic mass is 10.2. The van der Waals surface area contributed by atoms with Gasteiger partial charge in [0.15, 0.2) is 11.5 Å². The molecule has 1 N–H and O–H groups in total. The Balaban J connectivity index is 1.46. The highest BCUT2D eigenvalue weighted by molar-refractivity contribution is 7.99. The van der Waals surface area contributed by atoms with E-state index < -0.39 is 0 Å². The summed E-state index contributed by atoms with van der Waals surface area (Å²) in [6, 6.07) is 13.4. The molecule has 2 aromatic rings. The molecule has 0 saturated carbocycles. The fourth-order valence-corrected chi connectivity index (χ4v) is 3.26. The molecule has 0 aromatic heterocycles. The fraction of sp³-hybridized carbons (Fsp3) is 0.278. The number of hydrogen-bond acceptors (Lipinski definition) is 4. The number of carbonyl (C=O) groups excluding carboxylic acids is 1. The predicted molar refractivity (Wildman–Crippen MR) is 96.6 cm³/mol. The minimum absolute atomic E-state index is 0.0200. The van der Waals surface area contributed by atoms with Crippen molar-refractivity contribution in [2.75, 3.05) is 6.79 Å². The van der Waals surface area contributed by atoms with Crippen LogP contribution in [0.25, 0.3) is 0 Å². The molecule has 126 valence electrons. The summed E-state index contributed by atoms with van der Waals surface area (Å²) in [5.74, 6) is 2.27. The molecule has 2 aromatic carbocycles. The summed E-state index contributed by atoms with van der Waals surface area (Å²) < 4.78 is 10.6. The molecule has 1 heterocycles. The summed E-state index contributed by atoms with van der Waals surface area (Å²) in [5, 5.41) is 3.55.